The van der Waals surface area contributed by atoms with Crippen molar-refractivity contribution in [1.82, 2.24) is 10.1 Å². The van der Waals surface area contributed by atoms with Crippen LogP contribution in [0.1, 0.15) is 12.2 Å². The molecule has 2 N–H and O–H groups in total. The lowest BCUT2D eigenvalue weighted by molar-refractivity contribution is 0.194. The molecule has 0 bridgehead atoms. The second-order valence-electron chi connectivity index (χ2n) is 3.96. The van der Waals surface area contributed by atoms with Crippen molar-refractivity contribution in [3.63, 3.8) is 0 Å². The van der Waals surface area contributed by atoms with Crippen LogP contribution in [0.25, 0.3) is 11.5 Å². The number of halogens is 2. The fraction of sp³-hybridized carbons (Fsp3) is 0.333. The Hall–Kier alpha value is -0.920. The minimum absolute atomic E-state index is 0.423. The first-order chi connectivity index (χ1) is 9.11. The molecule has 0 aliphatic carbocycles. The molecule has 1 aromatic heterocycles. The predicted molar refractivity (Wildman–Crippen MR) is 79.7 cm³/mol. The molecule has 1 heterocycles. The van der Waals surface area contributed by atoms with Crippen molar-refractivity contribution in [2.45, 2.75) is 12.8 Å². The van der Waals surface area contributed by atoms with E-state index in [9.17, 15) is 0 Å². The lowest BCUT2D eigenvalue weighted by Gasteiger charge is -2.04. The molecule has 0 radical (unpaired) electrons. The average molecular weight is 391 g/mol. The Kier molecular flexibility index (Phi) is 4.95. The normalized spacial score (nSPS) is 10.9. The van der Waals surface area contributed by atoms with E-state index in [1.807, 2.05) is 12.1 Å². The maximum absolute atomic E-state index is 6.00. The number of aryl methyl sites for hydroxylation is 1. The summed E-state index contributed by atoms with van der Waals surface area (Å²) in [5, 5.41) is 3.94. The van der Waals surface area contributed by atoms with E-state index in [1.54, 1.807) is 7.11 Å². The number of nitrogen functional groups attached to an aromatic ring is 1. The van der Waals surface area contributed by atoms with Crippen molar-refractivity contribution in [3.05, 3.63) is 26.9 Å². The lowest BCUT2D eigenvalue weighted by atomic mass is 10.2. The fourth-order valence-electron chi connectivity index (χ4n) is 1.60. The third-order valence-corrected chi connectivity index (χ3v) is 3.66. The third-order valence-electron chi connectivity index (χ3n) is 2.54. The van der Waals surface area contributed by atoms with Crippen LogP contribution in [0.5, 0.6) is 0 Å². The predicted octanol–water partition coefficient (Wildman–Crippen LogP) is 3.42. The summed E-state index contributed by atoms with van der Waals surface area (Å²) in [5.41, 5.74) is 7.29. The highest BCUT2D eigenvalue weighted by Gasteiger charge is 2.14. The van der Waals surface area contributed by atoms with Crippen LogP contribution in [0.2, 0.25) is 0 Å². The van der Waals surface area contributed by atoms with Crippen LogP contribution in [0.3, 0.4) is 0 Å². The molecular formula is C12H13Br2N3O2. The molecule has 0 saturated heterocycles. The Balaban J connectivity index is 2.23. The molecule has 19 heavy (non-hydrogen) atoms. The molecule has 0 fully saturated rings. The number of anilines is 1. The SMILES string of the molecule is COCCCc1noc(-c2cc(Br)cc(Br)c2N)n1. The zero-order valence-corrected chi connectivity index (χ0v) is 13.5. The molecule has 0 aliphatic rings. The van der Waals surface area contributed by atoms with Gasteiger partial charge in [-0.2, -0.15) is 4.98 Å². The summed E-state index contributed by atoms with van der Waals surface area (Å²) in [5.74, 6) is 1.08. The van der Waals surface area contributed by atoms with Gasteiger partial charge in [0.05, 0.1) is 11.3 Å². The van der Waals surface area contributed by atoms with Gasteiger partial charge < -0.3 is 15.0 Å². The van der Waals surface area contributed by atoms with Crippen LogP contribution < -0.4 is 5.73 Å². The number of rotatable bonds is 5. The zero-order valence-electron chi connectivity index (χ0n) is 10.3. The molecular weight excluding hydrogens is 378 g/mol. The molecule has 2 aromatic rings. The van der Waals surface area contributed by atoms with Gasteiger partial charge in [-0.15, -0.1) is 0 Å². The number of methoxy groups -OCH3 is 1. The molecule has 1 aromatic carbocycles. The van der Waals surface area contributed by atoms with E-state index in [0.717, 1.165) is 15.4 Å². The number of hydrogen-bond acceptors (Lipinski definition) is 5. The molecule has 5 nitrogen and oxygen atoms in total. The van der Waals surface area contributed by atoms with Gasteiger partial charge in [-0.05, 0) is 34.5 Å². The zero-order chi connectivity index (χ0) is 13.8. The summed E-state index contributed by atoms with van der Waals surface area (Å²) in [7, 11) is 1.67. The Morgan fingerprint density at radius 2 is 2.16 bits per heavy atom. The number of ether oxygens (including phenoxy) is 1. The van der Waals surface area contributed by atoms with Crippen LogP contribution in [-0.2, 0) is 11.2 Å². The van der Waals surface area contributed by atoms with Crippen LogP contribution in [-0.4, -0.2) is 23.9 Å². The summed E-state index contributed by atoms with van der Waals surface area (Å²) in [6.07, 6.45) is 1.57. The van der Waals surface area contributed by atoms with Crippen molar-refractivity contribution in [2.75, 3.05) is 19.5 Å². The van der Waals surface area contributed by atoms with E-state index in [0.29, 0.717) is 36.0 Å². The largest absolute Gasteiger partial charge is 0.397 e. The van der Waals surface area contributed by atoms with Crippen LogP contribution in [0.15, 0.2) is 25.6 Å². The number of hydrogen-bond donors (Lipinski definition) is 1. The molecule has 0 amide bonds. The van der Waals surface area contributed by atoms with Crippen LogP contribution in [0.4, 0.5) is 5.69 Å². The van der Waals surface area contributed by atoms with E-state index in [2.05, 4.69) is 42.0 Å². The van der Waals surface area contributed by atoms with Crippen molar-refractivity contribution in [1.29, 1.82) is 0 Å². The first-order valence-corrected chi connectivity index (χ1v) is 7.27. The molecule has 2 rings (SSSR count). The Bertz CT molecular complexity index is 572. The molecule has 102 valence electrons. The smallest absolute Gasteiger partial charge is 0.260 e. The van der Waals surface area contributed by atoms with E-state index < -0.39 is 0 Å². The van der Waals surface area contributed by atoms with Crippen molar-refractivity contribution < 1.29 is 9.26 Å². The molecule has 0 unspecified atom stereocenters. The van der Waals surface area contributed by atoms with Crippen molar-refractivity contribution in [2.24, 2.45) is 0 Å². The summed E-state index contributed by atoms with van der Waals surface area (Å²) in [6.45, 7) is 0.675. The highest BCUT2D eigenvalue weighted by Crippen LogP contribution is 2.34. The minimum atomic E-state index is 0.423. The Labute approximate surface area is 127 Å². The summed E-state index contributed by atoms with van der Waals surface area (Å²) in [4.78, 5) is 4.34. The van der Waals surface area contributed by atoms with Crippen LogP contribution >= 0.6 is 31.9 Å². The topological polar surface area (TPSA) is 74.2 Å². The van der Waals surface area contributed by atoms with Gasteiger partial charge in [0.15, 0.2) is 5.82 Å². The lowest BCUT2D eigenvalue weighted by Crippen LogP contribution is -1.95. The average Bonchev–Trinajstić information content (AvgIpc) is 2.83. The third kappa shape index (κ3) is 3.55. The quantitative estimate of drug-likeness (QED) is 0.625. The maximum Gasteiger partial charge on any atom is 0.260 e. The summed E-state index contributed by atoms with van der Waals surface area (Å²) in [6, 6.07) is 3.72. The first kappa shape index (κ1) is 14.5. The van der Waals surface area contributed by atoms with Gasteiger partial charge in [0.25, 0.3) is 5.89 Å². The number of aromatic nitrogens is 2. The van der Waals surface area contributed by atoms with E-state index in [-0.39, 0.29) is 0 Å². The highest BCUT2D eigenvalue weighted by atomic mass is 79.9. The second-order valence-corrected chi connectivity index (χ2v) is 5.73. The standard InChI is InChI=1S/C12H13Br2N3O2/c1-18-4-2-3-10-16-12(19-17-10)8-5-7(13)6-9(14)11(8)15/h5-6H,2-4,15H2,1H3. The summed E-state index contributed by atoms with van der Waals surface area (Å²) >= 11 is 6.80. The minimum Gasteiger partial charge on any atom is -0.397 e. The van der Waals surface area contributed by atoms with Crippen molar-refractivity contribution in [3.8, 4) is 11.5 Å². The number of nitrogens with two attached hydrogens (primary N) is 1. The van der Waals surface area contributed by atoms with E-state index >= 15 is 0 Å². The number of benzene rings is 1. The van der Waals surface area contributed by atoms with Gasteiger partial charge in [-0.1, -0.05) is 21.1 Å². The molecule has 0 saturated carbocycles. The number of nitrogens with zero attached hydrogens (tertiary/aromatic N) is 2. The van der Waals surface area contributed by atoms with Gasteiger partial charge in [-0.25, -0.2) is 0 Å². The van der Waals surface area contributed by atoms with Gasteiger partial charge in [0.2, 0.25) is 0 Å². The second kappa shape index (κ2) is 6.49. The molecule has 0 atom stereocenters. The van der Waals surface area contributed by atoms with Gasteiger partial charge in [-0.3, -0.25) is 0 Å². The van der Waals surface area contributed by atoms with E-state index in [4.69, 9.17) is 15.0 Å². The molecule has 0 aliphatic heterocycles. The van der Waals surface area contributed by atoms with E-state index in [1.165, 1.54) is 0 Å². The Morgan fingerprint density at radius 3 is 2.89 bits per heavy atom. The summed E-state index contributed by atoms with van der Waals surface area (Å²) < 4.78 is 11.9. The van der Waals surface area contributed by atoms with Gasteiger partial charge >= 0.3 is 0 Å². The fourth-order valence-corrected chi connectivity index (χ4v) is 2.83. The molecule has 0 spiro atoms. The van der Waals surface area contributed by atoms with Gasteiger partial charge in [0, 0.05) is 29.1 Å². The first-order valence-electron chi connectivity index (χ1n) is 5.68. The monoisotopic (exact) mass is 389 g/mol. The van der Waals surface area contributed by atoms with Crippen molar-refractivity contribution >= 4 is 37.5 Å². The van der Waals surface area contributed by atoms with Gasteiger partial charge in [0.1, 0.15) is 0 Å². The Morgan fingerprint density at radius 1 is 1.37 bits per heavy atom. The molecule has 7 heteroatoms. The van der Waals surface area contributed by atoms with Crippen LogP contribution in [0, 0.1) is 0 Å². The maximum atomic E-state index is 6.00. The highest BCUT2D eigenvalue weighted by molar-refractivity contribution is 9.11.